The van der Waals surface area contributed by atoms with E-state index < -0.39 is 11.6 Å². The summed E-state index contributed by atoms with van der Waals surface area (Å²) in [6.45, 7) is 0. The van der Waals surface area contributed by atoms with Gasteiger partial charge >= 0.3 is 0 Å². The molecule has 0 saturated heterocycles. The molecule has 94 valence electrons. The Labute approximate surface area is 106 Å². The highest BCUT2D eigenvalue weighted by Crippen LogP contribution is 2.18. The van der Waals surface area contributed by atoms with Crippen LogP contribution in [0, 0.1) is 11.6 Å². The molecular weight excluding hydrogens is 250 g/mol. The molecule has 0 aliphatic carbocycles. The maximum atomic E-state index is 13.2. The van der Waals surface area contributed by atoms with Crippen LogP contribution < -0.4 is 5.56 Å². The van der Waals surface area contributed by atoms with Crippen molar-refractivity contribution in [3.63, 3.8) is 0 Å². The number of hydrogen-bond acceptors (Lipinski definition) is 2. The molecule has 0 saturated carbocycles. The van der Waals surface area contributed by atoms with Gasteiger partial charge in [0.1, 0.15) is 17.5 Å². The molecule has 1 heterocycles. The number of aromatic amines is 1. The Bertz CT molecular complexity index is 807. The van der Waals surface area contributed by atoms with Crippen LogP contribution in [0.1, 0.15) is 0 Å². The molecule has 19 heavy (non-hydrogen) atoms. The molecule has 1 aromatic heterocycles. The van der Waals surface area contributed by atoms with Crippen molar-refractivity contribution in [1.82, 2.24) is 9.97 Å². The number of nitrogens with one attached hydrogen (secondary N) is 1. The van der Waals surface area contributed by atoms with E-state index in [4.69, 9.17) is 0 Å². The number of aromatic nitrogens is 2. The SMILES string of the molecule is O=c1[nH]c(-c2cc(F)cc(F)c2)nc2ccccc12. The second-order valence-electron chi connectivity index (χ2n) is 4.09. The Hall–Kier alpha value is -2.56. The summed E-state index contributed by atoms with van der Waals surface area (Å²) in [5, 5.41) is 0.433. The Morgan fingerprint density at radius 3 is 2.42 bits per heavy atom. The summed E-state index contributed by atoms with van der Waals surface area (Å²) >= 11 is 0. The van der Waals surface area contributed by atoms with E-state index in [2.05, 4.69) is 9.97 Å². The summed E-state index contributed by atoms with van der Waals surface area (Å²) in [5.41, 5.74) is 0.330. The van der Waals surface area contributed by atoms with Crippen molar-refractivity contribution in [2.75, 3.05) is 0 Å². The van der Waals surface area contributed by atoms with Gasteiger partial charge in [0.2, 0.25) is 0 Å². The van der Waals surface area contributed by atoms with Gasteiger partial charge in [0.15, 0.2) is 0 Å². The molecule has 5 heteroatoms. The summed E-state index contributed by atoms with van der Waals surface area (Å²) in [6.07, 6.45) is 0. The van der Waals surface area contributed by atoms with Gasteiger partial charge in [0, 0.05) is 11.6 Å². The van der Waals surface area contributed by atoms with Crippen LogP contribution in [-0.4, -0.2) is 9.97 Å². The summed E-state index contributed by atoms with van der Waals surface area (Å²) < 4.78 is 26.3. The number of H-pyrrole nitrogens is 1. The van der Waals surface area contributed by atoms with Gasteiger partial charge in [-0.3, -0.25) is 4.79 Å². The Morgan fingerprint density at radius 2 is 1.68 bits per heavy atom. The summed E-state index contributed by atoms with van der Waals surface area (Å²) in [6, 6.07) is 9.78. The number of rotatable bonds is 1. The second kappa shape index (κ2) is 4.28. The summed E-state index contributed by atoms with van der Waals surface area (Å²) in [7, 11) is 0. The van der Waals surface area contributed by atoms with Crippen molar-refractivity contribution >= 4 is 10.9 Å². The zero-order valence-electron chi connectivity index (χ0n) is 9.65. The number of halogens is 2. The molecule has 0 aliphatic heterocycles. The standard InChI is InChI=1S/C14H8F2N2O/c15-9-5-8(6-10(16)7-9)13-17-12-4-2-1-3-11(12)14(19)18-13/h1-7H,(H,17,18,19). The van der Waals surface area contributed by atoms with Crippen LogP contribution in [-0.2, 0) is 0 Å². The minimum Gasteiger partial charge on any atom is -0.306 e. The van der Waals surface area contributed by atoms with E-state index in [1.54, 1.807) is 24.3 Å². The monoisotopic (exact) mass is 258 g/mol. The first-order chi connectivity index (χ1) is 9.13. The number of nitrogens with zero attached hydrogens (tertiary/aromatic N) is 1. The van der Waals surface area contributed by atoms with Gasteiger partial charge in [0.05, 0.1) is 10.9 Å². The molecule has 1 N–H and O–H groups in total. The topological polar surface area (TPSA) is 45.8 Å². The van der Waals surface area contributed by atoms with E-state index >= 15 is 0 Å². The smallest absolute Gasteiger partial charge is 0.259 e. The minimum atomic E-state index is -0.717. The third-order valence-corrected chi connectivity index (χ3v) is 2.75. The van der Waals surface area contributed by atoms with Crippen LogP contribution in [0.2, 0.25) is 0 Å². The first-order valence-corrected chi connectivity index (χ1v) is 5.59. The van der Waals surface area contributed by atoms with E-state index in [0.29, 0.717) is 10.9 Å². The zero-order chi connectivity index (χ0) is 13.4. The first-order valence-electron chi connectivity index (χ1n) is 5.59. The summed E-state index contributed by atoms with van der Waals surface area (Å²) in [5.74, 6) is -1.29. The molecule has 0 amide bonds. The maximum Gasteiger partial charge on any atom is 0.259 e. The van der Waals surface area contributed by atoms with Gasteiger partial charge < -0.3 is 4.98 Å². The van der Waals surface area contributed by atoms with Crippen molar-refractivity contribution in [3.8, 4) is 11.4 Å². The largest absolute Gasteiger partial charge is 0.306 e. The number of benzene rings is 2. The molecule has 0 bridgehead atoms. The van der Waals surface area contributed by atoms with E-state index in [1.165, 1.54) is 0 Å². The molecule has 0 spiro atoms. The van der Waals surface area contributed by atoms with Gasteiger partial charge in [-0.2, -0.15) is 0 Å². The lowest BCUT2D eigenvalue weighted by molar-refractivity contribution is 0.584. The van der Waals surface area contributed by atoms with Gasteiger partial charge in [-0.15, -0.1) is 0 Å². The second-order valence-corrected chi connectivity index (χ2v) is 4.09. The lowest BCUT2D eigenvalue weighted by Gasteiger charge is -2.03. The molecule has 3 rings (SSSR count). The highest BCUT2D eigenvalue weighted by Gasteiger charge is 2.08. The van der Waals surface area contributed by atoms with Gasteiger partial charge in [-0.1, -0.05) is 12.1 Å². The van der Waals surface area contributed by atoms with Crippen molar-refractivity contribution in [1.29, 1.82) is 0 Å². The number of fused-ring (bicyclic) bond motifs is 1. The van der Waals surface area contributed by atoms with Crippen molar-refractivity contribution < 1.29 is 8.78 Å². The number of hydrogen-bond donors (Lipinski definition) is 1. The van der Waals surface area contributed by atoms with Crippen molar-refractivity contribution in [2.45, 2.75) is 0 Å². The average Bonchev–Trinajstić information content (AvgIpc) is 2.37. The summed E-state index contributed by atoms with van der Waals surface area (Å²) in [4.78, 5) is 18.6. The highest BCUT2D eigenvalue weighted by atomic mass is 19.1. The van der Waals surface area contributed by atoms with E-state index in [-0.39, 0.29) is 16.9 Å². The third-order valence-electron chi connectivity index (χ3n) is 2.75. The predicted octanol–water partition coefficient (Wildman–Crippen LogP) is 2.87. The quantitative estimate of drug-likeness (QED) is 0.729. The van der Waals surface area contributed by atoms with Crippen molar-refractivity contribution in [2.24, 2.45) is 0 Å². The Morgan fingerprint density at radius 1 is 1.00 bits per heavy atom. The first kappa shape index (κ1) is 11.5. The van der Waals surface area contributed by atoms with Crippen LogP contribution in [0.15, 0.2) is 47.3 Å². The van der Waals surface area contributed by atoms with Crippen LogP contribution in [0.5, 0.6) is 0 Å². The minimum absolute atomic E-state index is 0.141. The Kier molecular flexibility index (Phi) is 2.59. The van der Waals surface area contributed by atoms with Gasteiger partial charge in [-0.25, -0.2) is 13.8 Å². The zero-order valence-corrected chi connectivity index (χ0v) is 9.65. The highest BCUT2D eigenvalue weighted by molar-refractivity contribution is 5.79. The fraction of sp³-hybridized carbons (Fsp3) is 0. The van der Waals surface area contributed by atoms with Crippen LogP contribution in [0.3, 0.4) is 0 Å². The molecule has 0 aliphatic rings. The maximum absolute atomic E-state index is 13.2. The molecule has 3 nitrogen and oxygen atoms in total. The van der Waals surface area contributed by atoms with Crippen LogP contribution >= 0.6 is 0 Å². The van der Waals surface area contributed by atoms with E-state index in [9.17, 15) is 13.6 Å². The predicted molar refractivity (Wildman–Crippen MR) is 67.7 cm³/mol. The lowest BCUT2D eigenvalue weighted by Crippen LogP contribution is -2.09. The normalized spacial score (nSPS) is 10.8. The van der Waals surface area contributed by atoms with Gasteiger partial charge in [0.25, 0.3) is 5.56 Å². The van der Waals surface area contributed by atoms with Gasteiger partial charge in [-0.05, 0) is 24.3 Å². The Balaban J connectivity index is 2.28. The fourth-order valence-electron chi connectivity index (χ4n) is 1.91. The molecular formula is C14H8F2N2O. The molecule has 0 atom stereocenters. The number of para-hydroxylation sites is 1. The molecule has 0 unspecified atom stereocenters. The molecule has 3 aromatic rings. The van der Waals surface area contributed by atoms with E-state index in [1.807, 2.05) is 0 Å². The van der Waals surface area contributed by atoms with Crippen molar-refractivity contribution in [3.05, 3.63) is 64.5 Å². The van der Waals surface area contributed by atoms with Crippen LogP contribution in [0.4, 0.5) is 8.78 Å². The van der Waals surface area contributed by atoms with E-state index in [0.717, 1.165) is 18.2 Å². The third kappa shape index (κ3) is 2.10. The fourth-order valence-corrected chi connectivity index (χ4v) is 1.91. The molecule has 0 radical (unpaired) electrons. The lowest BCUT2D eigenvalue weighted by atomic mass is 10.2. The van der Waals surface area contributed by atoms with Crippen LogP contribution in [0.25, 0.3) is 22.3 Å². The molecule has 0 fully saturated rings. The molecule has 2 aromatic carbocycles. The average molecular weight is 258 g/mol.